The van der Waals surface area contributed by atoms with E-state index in [4.69, 9.17) is 5.11 Å². The fourth-order valence-corrected chi connectivity index (χ4v) is 4.50. The van der Waals surface area contributed by atoms with Crippen LogP contribution in [-0.2, 0) is 10.0 Å². The van der Waals surface area contributed by atoms with Crippen LogP contribution in [-0.4, -0.2) is 55.0 Å². The van der Waals surface area contributed by atoms with E-state index >= 15 is 0 Å². The number of hydrogen-bond donors (Lipinski definition) is 2. The highest BCUT2D eigenvalue weighted by molar-refractivity contribution is 7.91. The van der Waals surface area contributed by atoms with Gasteiger partial charge in [-0.1, -0.05) is 0 Å². The molecule has 0 radical (unpaired) electrons. The van der Waals surface area contributed by atoms with Crippen molar-refractivity contribution in [2.45, 2.75) is 10.6 Å². The Balaban J connectivity index is 2.34. The molecule has 1 aliphatic heterocycles. The third-order valence-corrected chi connectivity index (χ3v) is 5.86. The third-order valence-electron chi connectivity index (χ3n) is 2.61. The van der Waals surface area contributed by atoms with E-state index in [-0.39, 0.29) is 4.21 Å². The molecule has 9 heteroatoms. The predicted octanol–water partition coefficient (Wildman–Crippen LogP) is -0.175. The van der Waals surface area contributed by atoms with Crippen molar-refractivity contribution in [3.63, 3.8) is 0 Å². The van der Waals surface area contributed by atoms with Gasteiger partial charge in [0.1, 0.15) is 0 Å². The van der Waals surface area contributed by atoms with Crippen molar-refractivity contribution < 1.29 is 18.3 Å². The normalized spacial score (nSPS) is 18.4. The highest BCUT2D eigenvalue weighted by Crippen LogP contribution is 2.24. The molecule has 0 spiro atoms. The Morgan fingerprint density at radius 1 is 1.44 bits per heavy atom. The number of aromatic nitrogens is 1. The van der Waals surface area contributed by atoms with E-state index in [1.54, 1.807) is 0 Å². The second-order valence-electron chi connectivity index (χ2n) is 3.80. The SMILES string of the molecule is O=C(O)c1ncsc1S(=O)(=O)N1CCCNCC1. The van der Waals surface area contributed by atoms with Crippen molar-refractivity contribution in [3.8, 4) is 0 Å². The largest absolute Gasteiger partial charge is 0.476 e. The first-order valence-electron chi connectivity index (χ1n) is 5.41. The average Bonchev–Trinajstić information content (AvgIpc) is 2.65. The number of thiazole rings is 1. The number of rotatable bonds is 3. The Morgan fingerprint density at radius 3 is 2.94 bits per heavy atom. The molecule has 7 nitrogen and oxygen atoms in total. The van der Waals surface area contributed by atoms with Gasteiger partial charge in [0.2, 0.25) is 0 Å². The van der Waals surface area contributed by atoms with Gasteiger partial charge >= 0.3 is 5.97 Å². The first kappa shape index (κ1) is 13.4. The summed E-state index contributed by atoms with van der Waals surface area (Å²) < 4.78 is 25.8. The van der Waals surface area contributed by atoms with Gasteiger partial charge in [0, 0.05) is 19.6 Å². The quantitative estimate of drug-likeness (QED) is 0.802. The number of nitrogens with zero attached hydrogens (tertiary/aromatic N) is 2. The highest BCUT2D eigenvalue weighted by Gasteiger charge is 2.31. The molecule has 0 unspecified atom stereocenters. The minimum Gasteiger partial charge on any atom is -0.476 e. The maximum absolute atomic E-state index is 12.3. The third kappa shape index (κ3) is 2.53. The van der Waals surface area contributed by atoms with Crippen molar-refractivity contribution in [3.05, 3.63) is 11.2 Å². The van der Waals surface area contributed by atoms with Crippen molar-refractivity contribution in [1.29, 1.82) is 0 Å². The molecule has 0 amide bonds. The second-order valence-corrected chi connectivity index (χ2v) is 6.79. The van der Waals surface area contributed by atoms with Gasteiger partial charge in [-0.3, -0.25) is 0 Å². The van der Waals surface area contributed by atoms with Crippen LogP contribution in [0.2, 0.25) is 0 Å². The summed E-state index contributed by atoms with van der Waals surface area (Å²) in [6.07, 6.45) is 0.709. The lowest BCUT2D eigenvalue weighted by Gasteiger charge is -2.18. The molecule has 18 heavy (non-hydrogen) atoms. The number of sulfonamides is 1. The zero-order chi connectivity index (χ0) is 13.2. The molecule has 2 rings (SSSR count). The summed E-state index contributed by atoms with van der Waals surface area (Å²) in [5, 5.41) is 12.0. The van der Waals surface area contributed by atoms with Crippen molar-refractivity contribution >= 4 is 27.3 Å². The minimum atomic E-state index is -3.75. The lowest BCUT2D eigenvalue weighted by atomic mass is 10.4. The van der Waals surface area contributed by atoms with Gasteiger partial charge in [0.15, 0.2) is 9.90 Å². The number of hydrogen-bond acceptors (Lipinski definition) is 6. The Hall–Kier alpha value is -1.03. The van der Waals surface area contributed by atoms with Gasteiger partial charge in [-0.15, -0.1) is 11.3 Å². The predicted molar refractivity (Wildman–Crippen MR) is 65.3 cm³/mol. The van der Waals surface area contributed by atoms with Gasteiger partial charge in [-0.25, -0.2) is 18.2 Å². The fraction of sp³-hybridized carbons (Fsp3) is 0.556. The first-order chi connectivity index (χ1) is 8.53. The Labute approximate surface area is 109 Å². The molecular weight excluding hydrogens is 278 g/mol. The number of nitrogens with one attached hydrogen (secondary N) is 1. The Kier molecular flexibility index (Phi) is 3.95. The summed E-state index contributed by atoms with van der Waals surface area (Å²) in [6, 6.07) is 0. The molecule has 100 valence electrons. The van der Waals surface area contributed by atoms with Crippen LogP contribution in [0.15, 0.2) is 9.72 Å². The van der Waals surface area contributed by atoms with E-state index < -0.39 is 21.7 Å². The summed E-state index contributed by atoms with van der Waals surface area (Å²) in [4.78, 5) is 14.5. The molecule has 0 aliphatic carbocycles. The molecule has 0 saturated carbocycles. The molecular formula is C9H13N3O4S2. The van der Waals surface area contributed by atoms with Gasteiger partial charge in [0.25, 0.3) is 10.0 Å². The van der Waals surface area contributed by atoms with Crippen LogP contribution >= 0.6 is 11.3 Å². The lowest BCUT2D eigenvalue weighted by Crippen LogP contribution is -2.34. The van der Waals surface area contributed by atoms with E-state index in [1.807, 2.05) is 0 Å². The van der Waals surface area contributed by atoms with E-state index in [9.17, 15) is 13.2 Å². The van der Waals surface area contributed by atoms with Crippen molar-refractivity contribution in [2.75, 3.05) is 26.2 Å². The zero-order valence-electron chi connectivity index (χ0n) is 9.50. The maximum atomic E-state index is 12.3. The van der Waals surface area contributed by atoms with Crippen molar-refractivity contribution in [1.82, 2.24) is 14.6 Å². The van der Waals surface area contributed by atoms with Crippen LogP contribution in [0.1, 0.15) is 16.9 Å². The van der Waals surface area contributed by atoms with Gasteiger partial charge in [-0.2, -0.15) is 4.31 Å². The average molecular weight is 291 g/mol. The van der Waals surface area contributed by atoms with E-state index in [0.29, 0.717) is 26.1 Å². The summed E-state index contributed by atoms with van der Waals surface area (Å²) in [5.74, 6) is -1.32. The van der Waals surface area contributed by atoms with E-state index in [2.05, 4.69) is 10.3 Å². The summed E-state index contributed by atoms with van der Waals surface area (Å²) in [5.41, 5.74) is 0.851. The van der Waals surface area contributed by atoms with Crippen LogP contribution in [0.5, 0.6) is 0 Å². The molecule has 1 aromatic rings. The number of aromatic carboxylic acids is 1. The summed E-state index contributed by atoms with van der Waals surface area (Å²) in [6.45, 7) is 2.08. The van der Waals surface area contributed by atoms with Crippen LogP contribution in [0, 0.1) is 0 Å². The number of carbonyl (C=O) groups is 1. The fourth-order valence-electron chi connectivity index (χ4n) is 1.74. The van der Waals surface area contributed by atoms with Gasteiger partial charge < -0.3 is 10.4 Å². The molecule has 2 N–H and O–H groups in total. The van der Waals surface area contributed by atoms with Crippen LogP contribution in [0.3, 0.4) is 0 Å². The first-order valence-corrected chi connectivity index (χ1v) is 7.73. The molecule has 1 aliphatic rings. The molecule has 0 bridgehead atoms. The second kappa shape index (κ2) is 5.31. The standard InChI is InChI=1S/C9H13N3O4S2/c13-8(14)7-9(17-6-11-7)18(15,16)12-4-1-2-10-3-5-12/h6,10H,1-5H2,(H,13,14). The minimum absolute atomic E-state index is 0.183. The van der Waals surface area contributed by atoms with Crippen LogP contribution in [0.25, 0.3) is 0 Å². The number of carboxylic acids is 1. The van der Waals surface area contributed by atoms with Gasteiger partial charge in [0.05, 0.1) is 5.51 Å². The van der Waals surface area contributed by atoms with E-state index in [1.165, 1.54) is 9.82 Å². The van der Waals surface area contributed by atoms with Crippen molar-refractivity contribution in [2.24, 2.45) is 0 Å². The topological polar surface area (TPSA) is 99.6 Å². The van der Waals surface area contributed by atoms with E-state index in [0.717, 1.165) is 17.9 Å². The molecule has 0 atom stereocenters. The monoisotopic (exact) mass is 291 g/mol. The highest BCUT2D eigenvalue weighted by atomic mass is 32.2. The molecule has 1 saturated heterocycles. The number of carboxylic acid groups (broad SMARTS) is 1. The Morgan fingerprint density at radius 2 is 2.22 bits per heavy atom. The zero-order valence-corrected chi connectivity index (χ0v) is 11.1. The maximum Gasteiger partial charge on any atom is 0.356 e. The summed E-state index contributed by atoms with van der Waals surface area (Å²) >= 11 is 0.843. The molecule has 0 aromatic carbocycles. The summed E-state index contributed by atoms with van der Waals surface area (Å²) in [7, 11) is -3.75. The molecule has 1 fully saturated rings. The Bertz CT molecular complexity index is 532. The van der Waals surface area contributed by atoms with Crippen LogP contribution < -0.4 is 5.32 Å². The lowest BCUT2D eigenvalue weighted by molar-refractivity contribution is 0.0687. The van der Waals surface area contributed by atoms with Crippen LogP contribution in [0.4, 0.5) is 0 Å². The van der Waals surface area contributed by atoms with Gasteiger partial charge in [-0.05, 0) is 13.0 Å². The smallest absolute Gasteiger partial charge is 0.356 e. The molecule has 1 aromatic heterocycles. The molecule has 2 heterocycles.